The number of nitrogens with zero attached hydrogens (tertiary/aromatic N) is 1. The molecule has 7 nitrogen and oxygen atoms in total. The number of benzene rings is 2. The second kappa shape index (κ2) is 9.80. The van der Waals surface area contributed by atoms with Crippen LogP contribution in [0.3, 0.4) is 0 Å². The number of fused-ring (bicyclic) bond motifs is 4. The zero-order chi connectivity index (χ0) is 27.2. The molecule has 0 amide bonds. The first kappa shape index (κ1) is 25.8. The number of carboxylic acid groups (broad SMARTS) is 1. The highest BCUT2D eigenvalue weighted by Gasteiger charge is 2.34. The van der Waals surface area contributed by atoms with Gasteiger partial charge in [-0.1, -0.05) is 39.0 Å². The average Bonchev–Trinajstić information content (AvgIpc) is 3.20. The van der Waals surface area contributed by atoms with Crippen LogP contribution in [0.2, 0.25) is 0 Å². The Hall–Kier alpha value is -3.84. The SMILES string of the molecule is COCCCOc1cc2c(cc1-c1c(C)oc3ccccc13)-c1cc(=O)c(C(=O)O)cn1[C@H](C(C)(C)C)C2. The predicted octanol–water partition coefficient (Wildman–Crippen LogP) is 6.49. The summed E-state index contributed by atoms with van der Waals surface area (Å²) in [5, 5.41) is 10.6. The van der Waals surface area contributed by atoms with Crippen LogP contribution >= 0.6 is 0 Å². The van der Waals surface area contributed by atoms with E-state index in [-0.39, 0.29) is 17.0 Å². The molecular formula is C31H33NO6. The molecule has 4 aromatic rings. The lowest BCUT2D eigenvalue weighted by Gasteiger charge is -2.39. The molecule has 0 fully saturated rings. The van der Waals surface area contributed by atoms with Gasteiger partial charge in [-0.25, -0.2) is 4.79 Å². The normalized spacial score (nSPS) is 14.8. The predicted molar refractivity (Wildman–Crippen MR) is 147 cm³/mol. The fraction of sp³-hybridized carbons (Fsp3) is 0.355. The Kier molecular flexibility index (Phi) is 6.65. The fourth-order valence-electron chi connectivity index (χ4n) is 5.45. The average molecular weight is 516 g/mol. The number of pyridine rings is 1. The van der Waals surface area contributed by atoms with Crippen LogP contribution in [-0.4, -0.2) is 36.0 Å². The van der Waals surface area contributed by atoms with Gasteiger partial charge >= 0.3 is 5.97 Å². The van der Waals surface area contributed by atoms with E-state index in [4.69, 9.17) is 13.9 Å². The van der Waals surface area contributed by atoms with Gasteiger partial charge in [-0.05, 0) is 42.5 Å². The second-order valence-corrected chi connectivity index (χ2v) is 11.0. The topological polar surface area (TPSA) is 90.9 Å². The van der Waals surface area contributed by atoms with E-state index in [2.05, 4.69) is 32.9 Å². The number of aromatic nitrogens is 1. The van der Waals surface area contributed by atoms with Gasteiger partial charge in [0.05, 0.1) is 12.3 Å². The molecule has 0 unspecified atom stereocenters. The third-order valence-electron chi connectivity index (χ3n) is 7.33. The van der Waals surface area contributed by atoms with Crippen LogP contribution in [0.5, 0.6) is 5.75 Å². The maximum absolute atomic E-state index is 12.9. The zero-order valence-electron chi connectivity index (χ0n) is 22.5. The highest BCUT2D eigenvalue weighted by atomic mass is 16.5. The van der Waals surface area contributed by atoms with Crippen molar-refractivity contribution in [3.63, 3.8) is 0 Å². The molecule has 0 saturated heterocycles. The molecule has 1 N–H and O–H groups in total. The van der Waals surface area contributed by atoms with Crippen molar-refractivity contribution in [2.45, 2.75) is 46.6 Å². The van der Waals surface area contributed by atoms with Crippen LogP contribution < -0.4 is 10.2 Å². The summed E-state index contributed by atoms with van der Waals surface area (Å²) < 4.78 is 19.6. The molecule has 0 radical (unpaired) electrons. The monoisotopic (exact) mass is 515 g/mol. The van der Waals surface area contributed by atoms with Crippen LogP contribution in [0.1, 0.15) is 54.9 Å². The first-order chi connectivity index (χ1) is 18.1. The Labute approximate surface area is 221 Å². The highest BCUT2D eigenvalue weighted by molar-refractivity contribution is 5.98. The number of aryl methyl sites for hydroxylation is 1. The number of hydrogen-bond acceptors (Lipinski definition) is 5. The van der Waals surface area contributed by atoms with E-state index in [9.17, 15) is 14.7 Å². The lowest BCUT2D eigenvalue weighted by atomic mass is 9.78. The largest absolute Gasteiger partial charge is 0.493 e. The molecule has 3 heterocycles. The third kappa shape index (κ3) is 4.52. The maximum Gasteiger partial charge on any atom is 0.341 e. The molecule has 1 aliphatic rings. The molecule has 0 spiro atoms. The molecule has 2 aromatic carbocycles. The number of hydrogen-bond donors (Lipinski definition) is 1. The van der Waals surface area contributed by atoms with Gasteiger partial charge in [-0.3, -0.25) is 4.79 Å². The maximum atomic E-state index is 12.9. The van der Waals surface area contributed by atoms with E-state index in [0.717, 1.165) is 51.2 Å². The lowest BCUT2D eigenvalue weighted by Crippen LogP contribution is -2.32. The molecule has 0 saturated carbocycles. The summed E-state index contributed by atoms with van der Waals surface area (Å²) >= 11 is 0. The molecule has 0 bridgehead atoms. The Balaban J connectivity index is 1.76. The number of methoxy groups -OCH3 is 1. The number of carboxylic acids is 1. The van der Waals surface area contributed by atoms with Crippen molar-refractivity contribution >= 4 is 16.9 Å². The third-order valence-corrected chi connectivity index (χ3v) is 7.33. The van der Waals surface area contributed by atoms with Gasteiger partial charge in [0, 0.05) is 60.5 Å². The van der Waals surface area contributed by atoms with Crippen molar-refractivity contribution in [3.8, 4) is 28.1 Å². The number of para-hydroxylation sites is 1. The number of furan rings is 1. The Morgan fingerprint density at radius 1 is 1.13 bits per heavy atom. The quantitative estimate of drug-likeness (QED) is 0.283. The van der Waals surface area contributed by atoms with Gasteiger partial charge in [0.1, 0.15) is 22.7 Å². The molecule has 1 aliphatic heterocycles. The summed E-state index contributed by atoms with van der Waals surface area (Å²) in [4.78, 5) is 24.7. The summed E-state index contributed by atoms with van der Waals surface area (Å²) in [6.07, 6.45) is 2.93. The van der Waals surface area contributed by atoms with E-state index >= 15 is 0 Å². The van der Waals surface area contributed by atoms with E-state index < -0.39 is 11.4 Å². The molecule has 7 heteroatoms. The Bertz CT molecular complexity index is 1590. The minimum Gasteiger partial charge on any atom is -0.493 e. The van der Waals surface area contributed by atoms with E-state index in [1.807, 2.05) is 35.8 Å². The minimum atomic E-state index is -1.22. The smallest absolute Gasteiger partial charge is 0.341 e. The van der Waals surface area contributed by atoms with Gasteiger partial charge in [0.15, 0.2) is 5.43 Å². The second-order valence-electron chi connectivity index (χ2n) is 11.0. The number of rotatable bonds is 7. The van der Waals surface area contributed by atoms with Gasteiger partial charge in [0.2, 0.25) is 0 Å². The summed E-state index contributed by atoms with van der Waals surface area (Å²) in [6.45, 7) is 9.42. The number of aromatic carboxylic acids is 1. The first-order valence-electron chi connectivity index (χ1n) is 12.9. The van der Waals surface area contributed by atoms with E-state index in [1.54, 1.807) is 7.11 Å². The van der Waals surface area contributed by atoms with Gasteiger partial charge < -0.3 is 23.6 Å². The van der Waals surface area contributed by atoms with Crippen LogP contribution in [0.25, 0.3) is 33.4 Å². The lowest BCUT2D eigenvalue weighted by molar-refractivity contribution is 0.0693. The van der Waals surface area contributed by atoms with E-state index in [0.29, 0.717) is 25.3 Å². The van der Waals surface area contributed by atoms with Gasteiger partial charge in [-0.15, -0.1) is 0 Å². The highest BCUT2D eigenvalue weighted by Crippen LogP contribution is 2.47. The number of ether oxygens (including phenoxy) is 2. The minimum absolute atomic E-state index is 0.0487. The van der Waals surface area contributed by atoms with Crippen molar-refractivity contribution in [2.24, 2.45) is 5.41 Å². The van der Waals surface area contributed by atoms with Gasteiger partial charge in [0.25, 0.3) is 0 Å². The molecule has 1 atom stereocenters. The Morgan fingerprint density at radius 3 is 2.61 bits per heavy atom. The van der Waals surface area contributed by atoms with Crippen LogP contribution in [-0.2, 0) is 11.2 Å². The summed E-state index contributed by atoms with van der Waals surface area (Å²) in [6, 6.07) is 13.5. The summed E-state index contributed by atoms with van der Waals surface area (Å²) in [5.74, 6) is 0.305. The van der Waals surface area contributed by atoms with Crippen molar-refractivity contribution in [2.75, 3.05) is 20.3 Å². The van der Waals surface area contributed by atoms with Crippen LogP contribution in [0.4, 0.5) is 0 Å². The van der Waals surface area contributed by atoms with Crippen molar-refractivity contribution < 1.29 is 23.8 Å². The molecule has 38 heavy (non-hydrogen) atoms. The van der Waals surface area contributed by atoms with Crippen molar-refractivity contribution in [3.05, 3.63) is 75.8 Å². The fourth-order valence-corrected chi connectivity index (χ4v) is 5.45. The van der Waals surface area contributed by atoms with E-state index in [1.165, 1.54) is 12.3 Å². The Morgan fingerprint density at radius 2 is 1.89 bits per heavy atom. The zero-order valence-corrected chi connectivity index (χ0v) is 22.5. The standard InChI is InChI=1S/C31H33NO6/c1-18-29(20-9-6-7-10-26(20)38-18)22-15-21-19(13-27(22)37-12-8-11-36-5)14-28(31(2,3)4)32-17-23(30(34)35)25(33)16-24(21)32/h6-7,9-10,13,15-17,28H,8,11-12,14H2,1-5H3,(H,34,35)/t28-/m0/s1. The van der Waals surface area contributed by atoms with Crippen molar-refractivity contribution in [1.82, 2.24) is 4.57 Å². The first-order valence-corrected chi connectivity index (χ1v) is 12.9. The molecule has 198 valence electrons. The van der Waals surface area contributed by atoms with Gasteiger partial charge in [-0.2, -0.15) is 0 Å². The van der Waals surface area contributed by atoms with Crippen molar-refractivity contribution in [1.29, 1.82) is 0 Å². The molecule has 5 rings (SSSR count). The molecule has 2 aromatic heterocycles. The molecule has 0 aliphatic carbocycles. The van der Waals surface area contributed by atoms with Crippen LogP contribution in [0, 0.1) is 12.3 Å². The summed E-state index contributed by atoms with van der Waals surface area (Å²) in [5.41, 5.74) is 4.35. The molecular weight excluding hydrogens is 482 g/mol. The van der Waals surface area contributed by atoms with Crippen LogP contribution in [0.15, 0.2) is 57.9 Å². The number of carbonyl (C=O) groups is 1. The summed E-state index contributed by atoms with van der Waals surface area (Å²) in [7, 11) is 1.67.